The molecule has 6 nitrogen and oxygen atoms in total. The molecule has 3 aromatic rings. The summed E-state index contributed by atoms with van der Waals surface area (Å²) in [5, 5.41) is 3.37. The van der Waals surface area contributed by atoms with Crippen LogP contribution in [0.2, 0.25) is 0 Å². The van der Waals surface area contributed by atoms with E-state index in [4.69, 9.17) is 4.74 Å². The summed E-state index contributed by atoms with van der Waals surface area (Å²) < 4.78 is 5.43. The molecule has 0 aliphatic carbocycles. The molecule has 1 fully saturated rings. The first-order valence-electron chi connectivity index (χ1n) is 9.94. The summed E-state index contributed by atoms with van der Waals surface area (Å²) in [6.45, 7) is 7.88. The highest BCUT2D eigenvalue weighted by atomic mass is 16.5. The van der Waals surface area contributed by atoms with E-state index in [-0.39, 0.29) is 0 Å². The first-order chi connectivity index (χ1) is 14.1. The van der Waals surface area contributed by atoms with E-state index < -0.39 is 0 Å². The van der Waals surface area contributed by atoms with Crippen molar-refractivity contribution in [1.82, 2.24) is 9.97 Å². The summed E-state index contributed by atoms with van der Waals surface area (Å²) in [5.41, 5.74) is 3.48. The average molecular weight is 390 g/mol. The van der Waals surface area contributed by atoms with Gasteiger partial charge in [0.25, 0.3) is 0 Å². The average Bonchev–Trinajstić information content (AvgIpc) is 2.74. The number of para-hydroxylation sites is 2. The lowest BCUT2D eigenvalue weighted by molar-refractivity contribution is 0.417. The fourth-order valence-electron chi connectivity index (χ4n) is 3.68. The zero-order valence-electron chi connectivity index (χ0n) is 17.2. The van der Waals surface area contributed by atoms with Gasteiger partial charge in [-0.3, -0.25) is 0 Å². The largest absolute Gasteiger partial charge is 0.495 e. The molecule has 1 aliphatic heterocycles. The first-order valence-corrected chi connectivity index (χ1v) is 9.94. The lowest BCUT2D eigenvalue weighted by Crippen LogP contribution is -2.47. The minimum Gasteiger partial charge on any atom is -0.495 e. The van der Waals surface area contributed by atoms with Crippen molar-refractivity contribution < 1.29 is 4.74 Å². The maximum atomic E-state index is 5.43. The lowest BCUT2D eigenvalue weighted by atomic mass is 10.2. The van der Waals surface area contributed by atoms with Gasteiger partial charge in [-0.1, -0.05) is 24.3 Å². The molecule has 6 heteroatoms. The zero-order chi connectivity index (χ0) is 20.2. The molecule has 1 aromatic heterocycles. The first kappa shape index (κ1) is 19.1. The van der Waals surface area contributed by atoms with E-state index in [0.29, 0.717) is 0 Å². The molecule has 29 heavy (non-hydrogen) atoms. The lowest BCUT2D eigenvalue weighted by Gasteiger charge is -2.37. The van der Waals surface area contributed by atoms with Gasteiger partial charge in [0, 0.05) is 37.9 Å². The van der Waals surface area contributed by atoms with Gasteiger partial charge in [-0.2, -0.15) is 0 Å². The van der Waals surface area contributed by atoms with Crippen LogP contribution in [-0.4, -0.2) is 43.3 Å². The molecule has 1 aliphatic rings. The van der Waals surface area contributed by atoms with Gasteiger partial charge in [-0.05, 0) is 43.7 Å². The van der Waals surface area contributed by atoms with Crippen LogP contribution in [-0.2, 0) is 0 Å². The molecular formula is C23H27N5O. The molecular weight excluding hydrogens is 362 g/mol. The Morgan fingerprint density at radius 2 is 1.62 bits per heavy atom. The molecule has 0 spiro atoms. The molecule has 0 radical (unpaired) electrons. The van der Waals surface area contributed by atoms with Crippen LogP contribution in [0.3, 0.4) is 0 Å². The Hall–Kier alpha value is -3.28. The summed E-state index contributed by atoms with van der Waals surface area (Å²) in [7, 11) is 1.67. The Labute approximate surface area is 172 Å². The SMILES string of the molecule is COc1ccccc1Nc1cc(N2CCN(c3cccc(C)c3)CC2)nc(C)n1. The third kappa shape index (κ3) is 4.42. The molecule has 1 N–H and O–H groups in total. The fourth-order valence-corrected chi connectivity index (χ4v) is 3.68. The number of anilines is 4. The van der Waals surface area contributed by atoms with Crippen LogP contribution in [0, 0.1) is 13.8 Å². The van der Waals surface area contributed by atoms with Crippen molar-refractivity contribution in [3.63, 3.8) is 0 Å². The molecule has 0 amide bonds. The van der Waals surface area contributed by atoms with Gasteiger partial charge >= 0.3 is 0 Å². The second kappa shape index (κ2) is 8.39. The maximum absolute atomic E-state index is 5.43. The van der Waals surface area contributed by atoms with Crippen LogP contribution < -0.4 is 19.9 Å². The molecule has 4 rings (SSSR count). The minimum absolute atomic E-state index is 0.751. The molecule has 2 aromatic carbocycles. The number of ether oxygens (including phenoxy) is 1. The Morgan fingerprint density at radius 3 is 2.38 bits per heavy atom. The van der Waals surface area contributed by atoms with Gasteiger partial charge in [0.1, 0.15) is 23.2 Å². The monoisotopic (exact) mass is 389 g/mol. The van der Waals surface area contributed by atoms with Crippen LogP contribution in [0.4, 0.5) is 23.0 Å². The Balaban J connectivity index is 1.48. The van der Waals surface area contributed by atoms with Crippen LogP contribution in [0.5, 0.6) is 5.75 Å². The van der Waals surface area contributed by atoms with Crippen molar-refractivity contribution in [3.8, 4) is 5.75 Å². The number of piperazine rings is 1. The maximum Gasteiger partial charge on any atom is 0.142 e. The van der Waals surface area contributed by atoms with Crippen LogP contribution in [0.1, 0.15) is 11.4 Å². The number of benzene rings is 2. The molecule has 0 saturated carbocycles. The Morgan fingerprint density at radius 1 is 0.862 bits per heavy atom. The number of rotatable bonds is 5. The van der Waals surface area contributed by atoms with Crippen molar-refractivity contribution in [1.29, 1.82) is 0 Å². The highest BCUT2D eigenvalue weighted by Gasteiger charge is 2.19. The second-order valence-corrected chi connectivity index (χ2v) is 7.30. The summed E-state index contributed by atoms with van der Waals surface area (Å²) in [6.07, 6.45) is 0. The van der Waals surface area contributed by atoms with Gasteiger partial charge in [0.15, 0.2) is 0 Å². The summed E-state index contributed by atoms with van der Waals surface area (Å²) in [5.74, 6) is 3.27. The van der Waals surface area contributed by atoms with Gasteiger partial charge in [-0.25, -0.2) is 9.97 Å². The van der Waals surface area contributed by atoms with Gasteiger partial charge in [0.05, 0.1) is 12.8 Å². The van der Waals surface area contributed by atoms with E-state index in [1.165, 1.54) is 11.3 Å². The van der Waals surface area contributed by atoms with Crippen molar-refractivity contribution in [2.45, 2.75) is 13.8 Å². The second-order valence-electron chi connectivity index (χ2n) is 7.30. The van der Waals surface area contributed by atoms with Crippen molar-refractivity contribution in [3.05, 3.63) is 66.0 Å². The van der Waals surface area contributed by atoms with Gasteiger partial charge < -0.3 is 19.9 Å². The van der Waals surface area contributed by atoms with E-state index in [1.807, 2.05) is 37.3 Å². The topological polar surface area (TPSA) is 53.5 Å². The summed E-state index contributed by atoms with van der Waals surface area (Å²) in [6, 6.07) is 18.6. The summed E-state index contributed by atoms with van der Waals surface area (Å²) in [4.78, 5) is 14.0. The van der Waals surface area contributed by atoms with Gasteiger partial charge in [0.2, 0.25) is 0 Å². The Bertz CT molecular complexity index is 983. The highest BCUT2D eigenvalue weighted by molar-refractivity contribution is 5.66. The van der Waals surface area contributed by atoms with Crippen molar-refractivity contribution in [2.24, 2.45) is 0 Å². The minimum atomic E-state index is 0.751. The zero-order valence-corrected chi connectivity index (χ0v) is 17.2. The fraction of sp³-hybridized carbons (Fsp3) is 0.304. The summed E-state index contributed by atoms with van der Waals surface area (Å²) >= 11 is 0. The third-order valence-corrected chi connectivity index (χ3v) is 5.16. The number of aromatic nitrogens is 2. The van der Waals surface area contributed by atoms with Gasteiger partial charge in [-0.15, -0.1) is 0 Å². The molecule has 0 bridgehead atoms. The van der Waals surface area contributed by atoms with E-state index >= 15 is 0 Å². The number of methoxy groups -OCH3 is 1. The predicted octanol–water partition coefficient (Wildman–Crippen LogP) is 4.17. The molecule has 0 atom stereocenters. The van der Waals surface area contributed by atoms with Crippen molar-refractivity contribution in [2.75, 3.05) is 48.4 Å². The smallest absolute Gasteiger partial charge is 0.142 e. The van der Waals surface area contributed by atoms with E-state index in [1.54, 1.807) is 7.11 Å². The normalized spacial score (nSPS) is 14.0. The molecule has 2 heterocycles. The number of nitrogens with one attached hydrogen (secondary N) is 1. The quantitative estimate of drug-likeness (QED) is 0.707. The number of aryl methyl sites for hydroxylation is 2. The van der Waals surface area contributed by atoms with Crippen LogP contribution in [0.15, 0.2) is 54.6 Å². The predicted molar refractivity (Wildman–Crippen MR) is 119 cm³/mol. The van der Waals surface area contributed by atoms with E-state index in [0.717, 1.165) is 55.1 Å². The third-order valence-electron chi connectivity index (χ3n) is 5.16. The van der Waals surface area contributed by atoms with E-state index in [9.17, 15) is 0 Å². The Kier molecular flexibility index (Phi) is 5.51. The number of hydrogen-bond donors (Lipinski definition) is 1. The molecule has 1 saturated heterocycles. The standard InChI is InChI=1S/C23H27N5O/c1-17-7-6-8-19(15-17)27-11-13-28(14-12-27)23-16-22(24-18(2)25-23)26-20-9-4-5-10-21(20)29-3/h4-10,15-16H,11-14H2,1-3H3,(H,24,25,26). The molecule has 0 unspecified atom stereocenters. The number of nitrogens with zero attached hydrogens (tertiary/aromatic N) is 4. The highest BCUT2D eigenvalue weighted by Crippen LogP contribution is 2.28. The van der Waals surface area contributed by atoms with Crippen molar-refractivity contribution >= 4 is 23.0 Å². The van der Waals surface area contributed by atoms with Crippen LogP contribution in [0.25, 0.3) is 0 Å². The van der Waals surface area contributed by atoms with E-state index in [2.05, 4.69) is 56.3 Å². The molecule has 150 valence electrons. The number of hydrogen-bond acceptors (Lipinski definition) is 6. The van der Waals surface area contributed by atoms with Crippen LogP contribution >= 0.6 is 0 Å².